The topological polar surface area (TPSA) is 75.7 Å². The summed E-state index contributed by atoms with van der Waals surface area (Å²) in [5.41, 5.74) is 1.98. The zero-order valence-corrected chi connectivity index (χ0v) is 17.4. The second-order valence-electron chi connectivity index (χ2n) is 8.32. The molecule has 1 aromatic rings. The fourth-order valence-electron chi connectivity index (χ4n) is 4.21. The van der Waals surface area contributed by atoms with Gasteiger partial charge in [-0.15, -0.1) is 0 Å². The first-order chi connectivity index (χ1) is 13.9. The third-order valence-electron chi connectivity index (χ3n) is 5.62. The maximum absolute atomic E-state index is 13.0. The molecular formula is C23H30N2O4. The second kappa shape index (κ2) is 9.35. The maximum Gasteiger partial charge on any atom is 0.243 e. The molecule has 0 spiro atoms. The minimum absolute atomic E-state index is 0.178. The molecule has 1 aromatic carbocycles. The first kappa shape index (κ1) is 21.2. The van der Waals surface area contributed by atoms with Crippen molar-refractivity contribution in [1.82, 2.24) is 10.2 Å². The largest absolute Gasteiger partial charge is 0.380 e. The lowest BCUT2D eigenvalue weighted by Crippen LogP contribution is -2.50. The summed E-state index contributed by atoms with van der Waals surface area (Å²) in [4.78, 5) is 40.2. The van der Waals surface area contributed by atoms with Gasteiger partial charge in [0.2, 0.25) is 17.7 Å². The number of allylic oxidation sites excluding steroid dienone is 2. The molecule has 6 nitrogen and oxygen atoms in total. The Morgan fingerprint density at radius 3 is 2.34 bits per heavy atom. The van der Waals surface area contributed by atoms with E-state index in [9.17, 15) is 14.4 Å². The molecule has 0 aromatic heterocycles. The minimum Gasteiger partial charge on any atom is -0.380 e. The number of ether oxygens (including phenoxy) is 1. The van der Waals surface area contributed by atoms with Crippen molar-refractivity contribution in [3.8, 4) is 0 Å². The molecule has 6 heteroatoms. The number of carbonyl (C=O) groups is 3. The van der Waals surface area contributed by atoms with Gasteiger partial charge >= 0.3 is 0 Å². The Hall–Kier alpha value is -2.47. The van der Waals surface area contributed by atoms with Crippen molar-refractivity contribution in [3.63, 3.8) is 0 Å². The predicted molar refractivity (Wildman–Crippen MR) is 109 cm³/mol. The Bertz CT molecular complexity index is 776. The van der Waals surface area contributed by atoms with Gasteiger partial charge in [0.15, 0.2) is 0 Å². The lowest BCUT2D eigenvalue weighted by molar-refractivity contribution is -0.148. The molecule has 1 N–H and O–H groups in total. The summed E-state index contributed by atoms with van der Waals surface area (Å²) in [5, 5.41) is 2.93. The average molecular weight is 399 g/mol. The molecular weight excluding hydrogens is 368 g/mol. The molecule has 156 valence electrons. The van der Waals surface area contributed by atoms with Gasteiger partial charge in [0.05, 0.1) is 18.4 Å². The quantitative estimate of drug-likeness (QED) is 0.540. The number of nitrogens with zero attached hydrogens (tertiary/aromatic N) is 1. The van der Waals surface area contributed by atoms with Gasteiger partial charge in [-0.1, -0.05) is 50.3 Å². The fourth-order valence-corrected chi connectivity index (χ4v) is 4.21. The molecule has 1 fully saturated rings. The summed E-state index contributed by atoms with van der Waals surface area (Å²) in [6.07, 6.45) is 5.53. The standard InChI is InChI=1S/C23H30N2O4/c1-15(2)11-20(25-22(27)18-9-4-5-10-19(18)23(25)28)21(26)24-13-16-7-6-8-17(12-16)14-29-3/h4-8,12,15,18-20H,9-11,13-14H2,1-3H3,(H,24,26). The molecule has 0 saturated carbocycles. The summed E-state index contributed by atoms with van der Waals surface area (Å²) in [5.74, 6) is -1.14. The van der Waals surface area contributed by atoms with Crippen molar-refractivity contribution >= 4 is 17.7 Å². The number of benzene rings is 1. The molecule has 0 bridgehead atoms. The number of carbonyl (C=O) groups excluding carboxylic acids is 3. The Morgan fingerprint density at radius 1 is 1.14 bits per heavy atom. The van der Waals surface area contributed by atoms with Crippen LogP contribution >= 0.6 is 0 Å². The van der Waals surface area contributed by atoms with Crippen molar-refractivity contribution < 1.29 is 19.1 Å². The van der Waals surface area contributed by atoms with Gasteiger partial charge in [-0.25, -0.2) is 0 Å². The lowest BCUT2D eigenvalue weighted by Gasteiger charge is -2.27. The van der Waals surface area contributed by atoms with Crippen LogP contribution in [0.25, 0.3) is 0 Å². The third kappa shape index (κ3) is 4.75. The number of rotatable bonds is 8. The highest BCUT2D eigenvalue weighted by Gasteiger charge is 2.51. The zero-order valence-electron chi connectivity index (χ0n) is 17.4. The highest BCUT2D eigenvalue weighted by Crippen LogP contribution is 2.37. The van der Waals surface area contributed by atoms with Crippen LogP contribution in [0.5, 0.6) is 0 Å². The van der Waals surface area contributed by atoms with Crippen molar-refractivity contribution in [2.45, 2.75) is 52.3 Å². The third-order valence-corrected chi connectivity index (χ3v) is 5.62. The van der Waals surface area contributed by atoms with Crippen molar-refractivity contribution in [3.05, 3.63) is 47.5 Å². The summed E-state index contributed by atoms with van der Waals surface area (Å²) in [6, 6.07) is 7.04. The van der Waals surface area contributed by atoms with E-state index >= 15 is 0 Å². The summed E-state index contributed by atoms with van der Waals surface area (Å²) < 4.78 is 5.15. The van der Waals surface area contributed by atoms with Crippen molar-refractivity contribution in [2.24, 2.45) is 17.8 Å². The lowest BCUT2D eigenvalue weighted by atomic mass is 9.85. The van der Waals surface area contributed by atoms with Gasteiger partial charge in [-0.05, 0) is 36.3 Å². The smallest absolute Gasteiger partial charge is 0.243 e. The van der Waals surface area contributed by atoms with Crippen LogP contribution in [0.2, 0.25) is 0 Å². The van der Waals surface area contributed by atoms with Crippen molar-refractivity contribution in [1.29, 1.82) is 0 Å². The Labute approximate surface area is 172 Å². The van der Waals surface area contributed by atoms with Crippen LogP contribution in [0.1, 0.15) is 44.2 Å². The number of fused-ring (bicyclic) bond motifs is 1. The van der Waals surface area contributed by atoms with Crippen LogP contribution < -0.4 is 5.32 Å². The summed E-state index contributed by atoms with van der Waals surface area (Å²) in [6.45, 7) is 4.84. The van der Waals surface area contributed by atoms with E-state index in [4.69, 9.17) is 4.74 Å². The van der Waals surface area contributed by atoms with Gasteiger partial charge in [0, 0.05) is 13.7 Å². The number of imide groups is 1. The van der Waals surface area contributed by atoms with Gasteiger partial charge in [0.25, 0.3) is 0 Å². The second-order valence-corrected chi connectivity index (χ2v) is 8.32. The van der Waals surface area contributed by atoms with Gasteiger partial charge < -0.3 is 10.1 Å². The number of likely N-dealkylation sites (tertiary alicyclic amines) is 1. The van der Waals surface area contributed by atoms with E-state index in [0.717, 1.165) is 11.1 Å². The van der Waals surface area contributed by atoms with Crippen molar-refractivity contribution in [2.75, 3.05) is 7.11 Å². The number of hydrogen-bond acceptors (Lipinski definition) is 4. The SMILES string of the molecule is COCc1cccc(CNC(=O)C(CC(C)C)N2C(=O)C3CC=CCC3C2=O)c1. The summed E-state index contributed by atoms with van der Waals surface area (Å²) in [7, 11) is 1.64. The number of nitrogens with one attached hydrogen (secondary N) is 1. The van der Waals surface area contributed by atoms with E-state index in [2.05, 4.69) is 5.32 Å². The molecule has 2 aliphatic rings. The predicted octanol–water partition coefficient (Wildman–Crippen LogP) is 2.82. The van der Waals surface area contributed by atoms with Crippen LogP contribution in [0.4, 0.5) is 0 Å². The molecule has 0 radical (unpaired) electrons. The first-order valence-corrected chi connectivity index (χ1v) is 10.3. The van der Waals surface area contributed by atoms with Crippen LogP contribution in [0.15, 0.2) is 36.4 Å². The van der Waals surface area contributed by atoms with Crippen LogP contribution in [-0.2, 0) is 32.3 Å². The van der Waals surface area contributed by atoms with Gasteiger partial charge in [0.1, 0.15) is 6.04 Å². The first-order valence-electron chi connectivity index (χ1n) is 10.3. The highest BCUT2D eigenvalue weighted by molar-refractivity contribution is 6.08. The van der Waals surface area contributed by atoms with Crippen LogP contribution in [0, 0.1) is 17.8 Å². The van der Waals surface area contributed by atoms with E-state index in [1.807, 2.05) is 50.3 Å². The Kier molecular flexibility index (Phi) is 6.85. The zero-order chi connectivity index (χ0) is 21.0. The molecule has 29 heavy (non-hydrogen) atoms. The van der Waals surface area contributed by atoms with E-state index in [1.54, 1.807) is 7.11 Å². The Morgan fingerprint density at radius 2 is 1.76 bits per heavy atom. The van der Waals surface area contributed by atoms with Gasteiger partial charge in [-0.3, -0.25) is 19.3 Å². The molecule has 3 atom stereocenters. The highest BCUT2D eigenvalue weighted by atomic mass is 16.5. The molecule has 1 aliphatic heterocycles. The normalized spacial score (nSPS) is 22.1. The van der Waals surface area contributed by atoms with Gasteiger partial charge in [-0.2, -0.15) is 0 Å². The van der Waals surface area contributed by atoms with Crippen LogP contribution in [-0.4, -0.2) is 35.8 Å². The number of methoxy groups -OCH3 is 1. The average Bonchev–Trinajstić information content (AvgIpc) is 2.95. The maximum atomic E-state index is 13.0. The minimum atomic E-state index is -0.761. The van der Waals surface area contributed by atoms with E-state index in [0.29, 0.717) is 32.4 Å². The molecule has 3 rings (SSSR count). The number of hydrogen-bond donors (Lipinski definition) is 1. The molecule has 1 heterocycles. The Balaban J connectivity index is 1.73. The summed E-state index contributed by atoms with van der Waals surface area (Å²) >= 11 is 0. The monoisotopic (exact) mass is 398 g/mol. The van der Waals surface area contributed by atoms with E-state index in [1.165, 1.54) is 4.90 Å². The molecule has 1 saturated heterocycles. The molecule has 3 unspecified atom stereocenters. The van der Waals surface area contributed by atoms with E-state index < -0.39 is 6.04 Å². The number of amides is 3. The van der Waals surface area contributed by atoms with Crippen LogP contribution in [0.3, 0.4) is 0 Å². The molecule has 3 amide bonds. The fraction of sp³-hybridized carbons (Fsp3) is 0.522. The molecule has 1 aliphatic carbocycles. The van der Waals surface area contributed by atoms with E-state index in [-0.39, 0.29) is 35.5 Å².